The molecule has 0 aromatic heterocycles. The topological polar surface area (TPSA) is 9.23 Å². The summed E-state index contributed by atoms with van der Waals surface area (Å²) >= 11 is 0. The second-order valence-corrected chi connectivity index (χ2v) is 4.95. The van der Waals surface area contributed by atoms with Crippen molar-refractivity contribution in [3.63, 3.8) is 0 Å². The Morgan fingerprint density at radius 2 is 1.35 bits per heavy atom. The van der Waals surface area contributed by atoms with Gasteiger partial charge >= 0.3 is 21.7 Å². The minimum absolute atomic E-state index is 0. The van der Waals surface area contributed by atoms with E-state index in [1.807, 2.05) is 0 Å². The number of ether oxygens (including phenoxy) is 1. The smallest absolute Gasteiger partial charge is 1.00 e. The Hall–Kier alpha value is -0.206. The average Bonchev–Trinajstić information content (AvgIpc) is 2.52. The molecule has 0 saturated heterocycles. The zero-order chi connectivity index (χ0) is 12.6. The van der Waals surface area contributed by atoms with E-state index in [4.69, 9.17) is 4.74 Å². The summed E-state index contributed by atoms with van der Waals surface area (Å²) in [4.78, 5) is 0. The molecular formula is C16H20Cl2OTi. The van der Waals surface area contributed by atoms with Crippen molar-refractivity contribution in [2.75, 3.05) is 0 Å². The van der Waals surface area contributed by atoms with E-state index in [9.17, 15) is 0 Å². The van der Waals surface area contributed by atoms with Gasteiger partial charge in [-0.1, -0.05) is 23.8 Å². The van der Waals surface area contributed by atoms with E-state index in [2.05, 4.69) is 52.8 Å². The van der Waals surface area contributed by atoms with Crippen LogP contribution in [0, 0.1) is 13.8 Å². The molecule has 1 nitrogen and oxygen atoms in total. The maximum absolute atomic E-state index is 6.13. The predicted molar refractivity (Wildman–Crippen MR) is 72.2 cm³/mol. The van der Waals surface area contributed by atoms with Crippen molar-refractivity contribution in [2.24, 2.45) is 0 Å². The third-order valence-corrected chi connectivity index (χ3v) is 3.68. The van der Waals surface area contributed by atoms with Crippen LogP contribution in [0.25, 0.3) is 0 Å². The minimum atomic E-state index is 0. The van der Waals surface area contributed by atoms with E-state index in [1.165, 1.54) is 27.8 Å². The van der Waals surface area contributed by atoms with Gasteiger partial charge in [-0.05, 0) is 56.9 Å². The van der Waals surface area contributed by atoms with Gasteiger partial charge in [0.15, 0.2) is 0 Å². The Morgan fingerprint density at radius 1 is 0.850 bits per heavy atom. The normalized spacial score (nSPS) is 13.4. The number of para-hydroxylation sites is 1. The molecule has 2 rings (SSSR count). The molecule has 0 heterocycles. The summed E-state index contributed by atoms with van der Waals surface area (Å²) in [6, 6.07) is 6.27. The van der Waals surface area contributed by atoms with Crippen LogP contribution >= 0.6 is 0 Å². The van der Waals surface area contributed by atoms with Gasteiger partial charge in [-0.2, -0.15) is 0 Å². The van der Waals surface area contributed by atoms with Crippen LogP contribution in [0.2, 0.25) is 0 Å². The second-order valence-electron chi connectivity index (χ2n) is 4.95. The predicted octanol–water partition coefficient (Wildman–Crippen LogP) is -1.30. The third kappa shape index (κ3) is 4.39. The Bertz CT molecular complexity index is 513. The van der Waals surface area contributed by atoms with Gasteiger partial charge in [-0.3, -0.25) is 0 Å². The molecule has 20 heavy (non-hydrogen) atoms. The van der Waals surface area contributed by atoms with E-state index in [1.54, 1.807) is 0 Å². The number of allylic oxidation sites excluding steroid dienone is 3. The molecular weight excluding hydrogens is 327 g/mol. The molecule has 0 bridgehead atoms. The van der Waals surface area contributed by atoms with Gasteiger partial charge in [-0.25, -0.2) is 0 Å². The SMILES string of the molecule is CC1=C(C)C(C)=C(Oc2c(C)cccc2C)C1.[Cl-].[Cl-].[Ti+2]. The fourth-order valence-corrected chi connectivity index (χ4v) is 2.23. The fraction of sp³-hybridized carbons (Fsp3) is 0.375. The van der Waals surface area contributed by atoms with Gasteiger partial charge in [0.2, 0.25) is 0 Å². The van der Waals surface area contributed by atoms with Crippen LogP contribution in [-0.2, 0) is 21.7 Å². The maximum Gasteiger partial charge on any atom is 2.00 e. The molecule has 0 radical (unpaired) electrons. The van der Waals surface area contributed by atoms with E-state index >= 15 is 0 Å². The summed E-state index contributed by atoms with van der Waals surface area (Å²) in [5.41, 5.74) is 6.50. The van der Waals surface area contributed by atoms with Crippen molar-refractivity contribution in [1.29, 1.82) is 0 Å². The number of hydrogen-bond acceptors (Lipinski definition) is 1. The molecule has 0 amide bonds. The second kappa shape index (κ2) is 8.94. The van der Waals surface area contributed by atoms with E-state index in [0.717, 1.165) is 17.9 Å². The first kappa shape index (κ1) is 22.1. The van der Waals surface area contributed by atoms with Gasteiger partial charge in [0.25, 0.3) is 0 Å². The molecule has 0 aliphatic heterocycles. The zero-order valence-electron chi connectivity index (χ0n) is 12.6. The fourth-order valence-electron chi connectivity index (χ4n) is 2.23. The van der Waals surface area contributed by atoms with Crippen LogP contribution in [0.1, 0.15) is 38.3 Å². The van der Waals surface area contributed by atoms with Crippen LogP contribution in [0.4, 0.5) is 0 Å². The van der Waals surface area contributed by atoms with Crippen LogP contribution < -0.4 is 29.6 Å². The standard InChI is InChI=1S/C16H20O.2ClH.Ti/c1-10-7-6-8-11(2)16(10)17-15-9-12(3)13(4)14(15)5;;;/h6-8H,9H2,1-5H3;2*1H;/q;;;+2/p-2. The molecule has 1 aliphatic carbocycles. The zero-order valence-corrected chi connectivity index (χ0v) is 15.7. The van der Waals surface area contributed by atoms with Gasteiger partial charge < -0.3 is 29.6 Å². The first-order chi connectivity index (χ1) is 8.00. The van der Waals surface area contributed by atoms with Crippen LogP contribution in [-0.4, -0.2) is 0 Å². The van der Waals surface area contributed by atoms with E-state index in [-0.39, 0.29) is 46.5 Å². The monoisotopic (exact) mass is 346 g/mol. The quantitative estimate of drug-likeness (QED) is 0.605. The van der Waals surface area contributed by atoms with Gasteiger partial charge in [0.05, 0.1) is 0 Å². The van der Waals surface area contributed by atoms with Crippen LogP contribution in [0.5, 0.6) is 5.75 Å². The van der Waals surface area contributed by atoms with Gasteiger partial charge in [-0.15, -0.1) is 0 Å². The van der Waals surface area contributed by atoms with E-state index < -0.39 is 0 Å². The van der Waals surface area contributed by atoms with Crippen molar-refractivity contribution < 1.29 is 51.3 Å². The van der Waals surface area contributed by atoms with Crippen LogP contribution in [0.15, 0.2) is 40.7 Å². The Morgan fingerprint density at radius 3 is 1.75 bits per heavy atom. The molecule has 4 heteroatoms. The molecule has 0 fully saturated rings. The Kier molecular flexibility index (Phi) is 9.88. The number of benzene rings is 1. The Balaban J connectivity index is 0. The average molecular weight is 347 g/mol. The number of hydrogen-bond donors (Lipinski definition) is 0. The summed E-state index contributed by atoms with van der Waals surface area (Å²) in [6.45, 7) is 10.7. The summed E-state index contributed by atoms with van der Waals surface area (Å²) in [6.07, 6.45) is 0.950. The van der Waals surface area contributed by atoms with Crippen molar-refractivity contribution >= 4 is 0 Å². The molecule has 1 aliphatic rings. The van der Waals surface area contributed by atoms with Gasteiger partial charge in [0.1, 0.15) is 11.5 Å². The summed E-state index contributed by atoms with van der Waals surface area (Å²) in [5, 5.41) is 0. The first-order valence-corrected chi connectivity index (χ1v) is 6.11. The van der Waals surface area contributed by atoms with E-state index in [0.29, 0.717) is 0 Å². The van der Waals surface area contributed by atoms with Crippen LogP contribution in [0.3, 0.4) is 0 Å². The number of aryl methyl sites for hydroxylation is 2. The summed E-state index contributed by atoms with van der Waals surface area (Å²) in [5.74, 6) is 2.13. The summed E-state index contributed by atoms with van der Waals surface area (Å²) < 4.78 is 6.13. The largest absolute Gasteiger partial charge is 2.00 e. The molecule has 1 aromatic carbocycles. The molecule has 0 atom stereocenters. The van der Waals surface area contributed by atoms with Crippen molar-refractivity contribution in [1.82, 2.24) is 0 Å². The van der Waals surface area contributed by atoms with Crippen molar-refractivity contribution in [2.45, 2.75) is 41.0 Å². The molecule has 1 aromatic rings. The molecule has 0 saturated carbocycles. The van der Waals surface area contributed by atoms with Crippen molar-refractivity contribution in [3.8, 4) is 5.75 Å². The molecule has 0 spiro atoms. The minimum Gasteiger partial charge on any atom is -1.00 e. The maximum atomic E-state index is 6.13. The first-order valence-electron chi connectivity index (χ1n) is 6.11. The van der Waals surface area contributed by atoms with Gasteiger partial charge in [0, 0.05) is 6.42 Å². The Labute approximate surface area is 149 Å². The number of halogens is 2. The molecule has 0 N–H and O–H groups in total. The van der Waals surface area contributed by atoms with Crippen molar-refractivity contribution in [3.05, 3.63) is 51.8 Å². The number of rotatable bonds is 2. The summed E-state index contributed by atoms with van der Waals surface area (Å²) in [7, 11) is 0. The third-order valence-electron chi connectivity index (χ3n) is 3.68. The molecule has 0 unspecified atom stereocenters. The molecule has 108 valence electrons.